The van der Waals surface area contributed by atoms with Crippen molar-refractivity contribution < 1.29 is 4.74 Å². The Morgan fingerprint density at radius 3 is 2.37 bits per heavy atom. The van der Waals surface area contributed by atoms with Crippen LogP contribution in [0.1, 0.15) is 20.8 Å². The summed E-state index contributed by atoms with van der Waals surface area (Å²) in [6.07, 6.45) is 0. The predicted molar refractivity (Wildman–Crippen MR) is 84.5 cm³/mol. The van der Waals surface area contributed by atoms with Gasteiger partial charge in [0.25, 0.3) is 0 Å². The first kappa shape index (κ1) is 18.5. The molecular weight excluding hydrogens is 283 g/mol. The van der Waals surface area contributed by atoms with Gasteiger partial charge >= 0.3 is 0 Å². The van der Waals surface area contributed by atoms with Crippen LogP contribution in [0.3, 0.4) is 0 Å². The minimum absolute atomic E-state index is 0. The Kier molecular flexibility index (Phi) is 8.42. The van der Waals surface area contributed by atoms with Crippen molar-refractivity contribution in [2.45, 2.75) is 26.3 Å². The molecule has 0 spiro atoms. The van der Waals surface area contributed by atoms with Gasteiger partial charge in [0.1, 0.15) is 12.4 Å². The highest BCUT2D eigenvalue weighted by Crippen LogP contribution is 2.16. The van der Waals surface area contributed by atoms with E-state index in [1.165, 1.54) is 0 Å². The first-order valence-electron chi connectivity index (χ1n) is 6.31. The van der Waals surface area contributed by atoms with Crippen molar-refractivity contribution >= 4 is 24.0 Å². The summed E-state index contributed by atoms with van der Waals surface area (Å²) < 4.78 is 5.62. The summed E-state index contributed by atoms with van der Waals surface area (Å²) in [5.74, 6) is 1.32. The molecule has 3 nitrogen and oxygen atoms in total. The minimum atomic E-state index is -0.0383. The number of nitrogens with two attached hydrogens (primary N) is 1. The van der Waals surface area contributed by atoms with E-state index in [2.05, 4.69) is 26.1 Å². The molecule has 5 heteroatoms. The highest BCUT2D eigenvalue weighted by molar-refractivity contribution is 6.30. The average molecular weight is 307 g/mol. The quantitative estimate of drug-likeness (QED) is 0.761. The molecule has 1 rings (SSSR count). The van der Waals surface area contributed by atoms with Crippen LogP contribution in [-0.4, -0.2) is 25.2 Å². The predicted octanol–water partition coefficient (Wildman–Crippen LogP) is 3.10. The van der Waals surface area contributed by atoms with E-state index >= 15 is 0 Å². The second-order valence-electron chi connectivity index (χ2n) is 5.01. The molecule has 1 atom stereocenters. The molecule has 0 aliphatic rings. The van der Waals surface area contributed by atoms with Crippen molar-refractivity contribution in [3.63, 3.8) is 0 Å². The molecule has 0 saturated heterocycles. The number of halogens is 2. The van der Waals surface area contributed by atoms with Crippen LogP contribution in [-0.2, 0) is 0 Å². The molecule has 19 heavy (non-hydrogen) atoms. The van der Waals surface area contributed by atoms with E-state index in [0.29, 0.717) is 19.1 Å². The molecule has 1 aromatic rings. The van der Waals surface area contributed by atoms with Gasteiger partial charge in [0.05, 0.1) is 0 Å². The van der Waals surface area contributed by atoms with Crippen LogP contribution in [0.25, 0.3) is 0 Å². The van der Waals surface area contributed by atoms with E-state index in [0.717, 1.165) is 17.3 Å². The van der Waals surface area contributed by atoms with Gasteiger partial charge in [0, 0.05) is 23.7 Å². The van der Waals surface area contributed by atoms with Crippen molar-refractivity contribution in [1.29, 1.82) is 0 Å². The van der Waals surface area contributed by atoms with Crippen molar-refractivity contribution in [2.24, 2.45) is 11.7 Å². The van der Waals surface area contributed by atoms with E-state index in [-0.39, 0.29) is 17.9 Å². The van der Waals surface area contributed by atoms with E-state index < -0.39 is 0 Å². The van der Waals surface area contributed by atoms with Gasteiger partial charge in [0.2, 0.25) is 0 Å². The zero-order chi connectivity index (χ0) is 13.6. The molecule has 0 radical (unpaired) electrons. The topological polar surface area (TPSA) is 47.3 Å². The van der Waals surface area contributed by atoms with Crippen LogP contribution < -0.4 is 15.8 Å². The highest BCUT2D eigenvalue weighted by Gasteiger charge is 2.25. The van der Waals surface area contributed by atoms with Crippen LogP contribution in [0.2, 0.25) is 5.02 Å². The third-order valence-electron chi connectivity index (χ3n) is 3.41. The van der Waals surface area contributed by atoms with Gasteiger partial charge in [-0.25, -0.2) is 0 Å². The van der Waals surface area contributed by atoms with Crippen molar-refractivity contribution in [3.8, 4) is 5.75 Å². The van der Waals surface area contributed by atoms with Crippen molar-refractivity contribution in [2.75, 3.05) is 19.7 Å². The number of hydrogen-bond acceptors (Lipinski definition) is 3. The first-order valence-corrected chi connectivity index (χ1v) is 6.69. The summed E-state index contributed by atoms with van der Waals surface area (Å²) in [4.78, 5) is 0. The van der Waals surface area contributed by atoms with E-state index in [1.807, 2.05) is 24.3 Å². The maximum Gasteiger partial charge on any atom is 0.119 e. The van der Waals surface area contributed by atoms with Crippen LogP contribution in [0.5, 0.6) is 5.75 Å². The monoisotopic (exact) mass is 306 g/mol. The summed E-state index contributed by atoms with van der Waals surface area (Å²) in [5, 5.41) is 4.17. The Labute approximate surface area is 127 Å². The minimum Gasteiger partial charge on any atom is -0.492 e. The lowest BCUT2D eigenvalue weighted by molar-refractivity contribution is 0.236. The average Bonchev–Trinajstić information content (AvgIpc) is 2.36. The fraction of sp³-hybridized carbons (Fsp3) is 0.571. The fourth-order valence-electron chi connectivity index (χ4n) is 1.55. The standard InChI is InChI=1S/C14H23ClN2O.ClH/c1-11(2)14(3,10-16)17-8-9-18-13-6-4-12(15)5-7-13;/h4-7,11,17H,8-10,16H2,1-3H3;1H. The second-order valence-corrected chi connectivity index (χ2v) is 5.44. The zero-order valence-electron chi connectivity index (χ0n) is 11.8. The van der Waals surface area contributed by atoms with Crippen molar-refractivity contribution in [1.82, 2.24) is 5.32 Å². The molecule has 1 unspecified atom stereocenters. The summed E-state index contributed by atoms with van der Waals surface area (Å²) in [6, 6.07) is 7.38. The number of hydrogen-bond donors (Lipinski definition) is 2. The highest BCUT2D eigenvalue weighted by atomic mass is 35.5. The maximum absolute atomic E-state index is 5.80. The van der Waals surface area contributed by atoms with Gasteiger partial charge < -0.3 is 15.8 Å². The van der Waals surface area contributed by atoms with E-state index in [4.69, 9.17) is 22.1 Å². The van der Waals surface area contributed by atoms with Crippen LogP contribution in [0, 0.1) is 5.92 Å². The van der Waals surface area contributed by atoms with E-state index in [1.54, 1.807) is 0 Å². The smallest absolute Gasteiger partial charge is 0.119 e. The van der Waals surface area contributed by atoms with E-state index in [9.17, 15) is 0 Å². The Morgan fingerprint density at radius 1 is 1.32 bits per heavy atom. The molecule has 1 aromatic carbocycles. The van der Waals surface area contributed by atoms with Crippen LogP contribution >= 0.6 is 24.0 Å². The molecule has 0 aliphatic carbocycles. The SMILES string of the molecule is CC(C)C(C)(CN)NCCOc1ccc(Cl)cc1.Cl. The number of benzene rings is 1. The number of nitrogens with one attached hydrogen (secondary N) is 1. The molecule has 0 aliphatic heterocycles. The first-order chi connectivity index (χ1) is 8.48. The van der Waals surface area contributed by atoms with Gasteiger partial charge in [0.15, 0.2) is 0 Å². The Balaban J connectivity index is 0.00000324. The van der Waals surface area contributed by atoms with Crippen LogP contribution in [0.15, 0.2) is 24.3 Å². The Bertz CT molecular complexity index is 357. The summed E-state index contributed by atoms with van der Waals surface area (Å²) >= 11 is 5.80. The molecule has 110 valence electrons. The summed E-state index contributed by atoms with van der Waals surface area (Å²) in [5.41, 5.74) is 5.76. The Hall–Kier alpha value is -0.480. The summed E-state index contributed by atoms with van der Waals surface area (Å²) in [7, 11) is 0. The number of ether oxygens (including phenoxy) is 1. The largest absolute Gasteiger partial charge is 0.492 e. The Morgan fingerprint density at radius 2 is 1.89 bits per heavy atom. The van der Waals surface area contributed by atoms with Gasteiger partial charge in [-0.05, 0) is 37.1 Å². The molecule has 0 bridgehead atoms. The van der Waals surface area contributed by atoms with Gasteiger partial charge in [-0.15, -0.1) is 12.4 Å². The fourth-order valence-corrected chi connectivity index (χ4v) is 1.67. The number of rotatable bonds is 7. The molecule has 0 amide bonds. The summed E-state index contributed by atoms with van der Waals surface area (Å²) in [6.45, 7) is 8.48. The third kappa shape index (κ3) is 6.00. The molecular formula is C14H24Cl2N2O. The maximum atomic E-state index is 5.80. The van der Waals surface area contributed by atoms with Gasteiger partial charge in [-0.3, -0.25) is 0 Å². The third-order valence-corrected chi connectivity index (χ3v) is 3.66. The lowest BCUT2D eigenvalue weighted by Gasteiger charge is -2.33. The molecule has 0 heterocycles. The van der Waals surface area contributed by atoms with Gasteiger partial charge in [-0.2, -0.15) is 0 Å². The normalized spacial score (nSPS) is 13.8. The molecule has 3 N–H and O–H groups in total. The molecule has 0 fully saturated rings. The lowest BCUT2D eigenvalue weighted by atomic mass is 9.88. The molecule has 0 aromatic heterocycles. The zero-order valence-corrected chi connectivity index (χ0v) is 13.4. The van der Waals surface area contributed by atoms with Crippen LogP contribution in [0.4, 0.5) is 0 Å². The van der Waals surface area contributed by atoms with Gasteiger partial charge in [-0.1, -0.05) is 25.4 Å². The lowest BCUT2D eigenvalue weighted by Crippen LogP contribution is -2.53. The van der Waals surface area contributed by atoms with Crippen molar-refractivity contribution in [3.05, 3.63) is 29.3 Å². The molecule has 0 saturated carbocycles. The second kappa shape index (κ2) is 8.64.